The average molecular weight is 586 g/mol. The normalized spacial score (nSPS) is 15.6. The predicted octanol–water partition coefficient (Wildman–Crippen LogP) is 12.6. The summed E-state index contributed by atoms with van der Waals surface area (Å²) in [6.45, 7) is 0. The summed E-state index contributed by atoms with van der Waals surface area (Å²) in [5, 5.41) is 1.03. The van der Waals surface area contributed by atoms with Gasteiger partial charge in [-0.25, -0.2) is 0 Å². The molecule has 0 aliphatic carbocycles. The van der Waals surface area contributed by atoms with Crippen LogP contribution < -0.4 is 0 Å². The molecule has 0 radical (unpaired) electrons. The largest absolute Gasteiger partial charge is 0.456 e. The molecular formula is C44H28O. The van der Waals surface area contributed by atoms with Gasteiger partial charge in [0.05, 0.1) is 17.8 Å². The molecule has 0 saturated carbocycles. The molecule has 9 aromatic rings. The lowest BCUT2D eigenvalue weighted by atomic mass is 9.85. The summed E-state index contributed by atoms with van der Waals surface area (Å²) >= 11 is 0. The molecule has 1 aromatic heterocycles. The Balaban J connectivity index is 1.37. The first-order chi connectivity index (χ1) is 27.7. The summed E-state index contributed by atoms with van der Waals surface area (Å²) in [4.78, 5) is 0. The summed E-state index contributed by atoms with van der Waals surface area (Å²) < 4.78 is 121. The van der Waals surface area contributed by atoms with Crippen molar-refractivity contribution < 1.29 is 22.2 Å². The maximum Gasteiger partial charge on any atom is 0.136 e. The van der Waals surface area contributed by atoms with Crippen LogP contribution in [0.1, 0.15) is 17.8 Å². The van der Waals surface area contributed by atoms with Crippen LogP contribution in [0.15, 0.2) is 174 Å². The van der Waals surface area contributed by atoms with Gasteiger partial charge in [0, 0.05) is 10.8 Å². The van der Waals surface area contributed by atoms with Crippen molar-refractivity contribution in [2.24, 2.45) is 0 Å². The highest BCUT2D eigenvalue weighted by Crippen LogP contribution is 2.44. The van der Waals surface area contributed by atoms with Crippen molar-refractivity contribution in [2.75, 3.05) is 0 Å². The quantitative estimate of drug-likeness (QED) is 0.187. The third-order valence-corrected chi connectivity index (χ3v) is 8.21. The van der Waals surface area contributed by atoms with Crippen LogP contribution in [0.3, 0.4) is 0 Å². The fourth-order valence-corrected chi connectivity index (χ4v) is 6.23. The zero-order chi connectivity index (χ0) is 41.1. The molecule has 0 unspecified atom stereocenters. The first kappa shape index (κ1) is 15.7. The molecule has 0 saturated heterocycles. The summed E-state index contributed by atoms with van der Waals surface area (Å²) in [7, 11) is 0. The fraction of sp³-hybridized carbons (Fsp3) is 0. The molecule has 8 aromatic carbocycles. The van der Waals surface area contributed by atoms with Gasteiger partial charge >= 0.3 is 0 Å². The van der Waals surface area contributed by atoms with E-state index in [4.69, 9.17) is 19.5 Å². The molecule has 0 aliphatic rings. The fourth-order valence-electron chi connectivity index (χ4n) is 6.23. The monoisotopic (exact) mass is 585 g/mol. The van der Waals surface area contributed by atoms with Crippen LogP contribution in [0.5, 0.6) is 0 Å². The molecule has 0 spiro atoms. The van der Waals surface area contributed by atoms with Gasteiger partial charge in [-0.1, -0.05) is 151 Å². The Labute approximate surface area is 279 Å². The van der Waals surface area contributed by atoms with Crippen molar-refractivity contribution in [1.29, 1.82) is 0 Å². The average Bonchev–Trinajstić information content (AvgIpc) is 3.63. The number of fused-ring (bicyclic) bond motifs is 5. The smallest absolute Gasteiger partial charge is 0.136 e. The molecule has 0 fully saturated rings. The van der Waals surface area contributed by atoms with Crippen molar-refractivity contribution in [3.8, 4) is 44.5 Å². The first-order valence-corrected chi connectivity index (χ1v) is 14.4. The minimum absolute atomic E-state index is 0.0751. The molecule has 0 amide bonds. The topological polar surface area (TPSA) is 13.1 Å². The lowest BCUT2D eigenvalue weighted by Crippen LogP contribution is -1.90. The van der Waals surface area contributed by atoms with E-state index in [2.05, 4.69) is 6.07 Å². The summed E-state index contributed by atoms with van der Waals surface area (Å²) in [6, 6.07) is 20.5. The van der Waals surface area contributed by atoms with E-state index < -0.39 is 84.1 Å². The number of rotatable bonds is 4. The van der Waals surface area contributed by atoms with E-state index in [1.54, 1.807) is 12.1 Å². The van der Waals surface area contributed by atoms with Crippen molar-refractivity contribution in [3.05, 3.63) is 170 Å². The predicted molar refractivity (Wildman–Crippen MR) is 190 cm³/mol. The van der Waals surface area contributed by atoms with E-state index >= 15 is 0 Å². The van der Waals surface area contributed by atoms with Crippen LogP contribution in [-0.4, -0.2) is 0 Å². The van der Waals surface area contributed by atoms with E-state index in [0.29, 0.717) is 16.7 Å². The lowest BCUT2D eigenvalue weighted by Gasteiger charge is -2.18. The van der Waals surface area contributed by atoms with Crippen molar-refractivity contribution in [2.45, 2.75) is 0 Å². The van der Waals surface area contributed by atoms with Gasteiger partial charge in [0.15, 0.2) is 0 Å². The Bertz CT molecular complexity index is 3140. The highest BCUT2D eigenvalue weighted by atomic mass is 16.3. The number of benzene rings is 8. The van der Waals surface area contributed by atoms with E-state index in [0.717, 1.165) is 33.0 Å². The zero-order valence-corrected chi connectivity index (χ0v) is 23.6. The Morgan fingerprint density at radius 1 is 0.378 bits per heavy atom. The van der Waals surface area contributed by atoms with Gasteiger partial charge in [0.25, 0.3) is 0 Å². The van der Waals surface area contributed by atoms with Gasteiger partial charge < -0.3 is 4.42 Å². The van der Waals surface area contributed by atoms with Gasteiger partial charge in [-0.3, -0.25) is 0 Å². The van der Waals surface area contributed by atoms with Gasteiger partial charge in [0.1, 0.15) is 11.2 Å². The van der Waals surface area contributed by atoms with Crippen LogP contribution in [0.2, 0.25) is 0 Å². The number of furan rings is 1. The Hall–Kier alpha value is -5.92. The third kappa shape index (κ3) is 4.17. The van der Waals surface area contributed by atoms with Crippen LogP contribution in [0.25, 0.3) is 88.0 Å². The number of hydrogen-bond acceptors (Lipinski definition) is 1. The first-order valence-electron chi connectivity index (χ1n) is 20.9. The van der Waals surface area contributed by atoms with Crippen molar-refractivity contribution >= 4 is 43.5 Å². The van der Waals surface area contributed by atoms with Gasteiger partial charge in [-0.05, 0) is 84.3 Å². The minimum atomic E-state index is -0.713. The molecule has 9 rings (SSSR count). The van der Waals surface area contributed by atoms with Crippen LogP contribution in [-0.2, 0) is 0 Å². The molecule has 0 atom stereocenters. The van der Waals surface area contributed by atoms with Crippen LogP contribution in [0.4, 0.5) is 0 Å². The molecule has 210 valence electrons. The molecule has 1 heterocycles. The van der Waals surface area contributed by atoms with Crippen molar-refractivity contribution in [1.82, 2.24) is 0 Å². The Kier molecular flexibility index (Phi) is 3.62. The second kappa shape index (κ2) is 10.4. The molecule has 1 nitrogen and oxygen atoms in total. The lowest BCUT2D eigenvalue weighted by molar-refractivity contribution is 0.669. The van der Waals surface area contributed by atoms with Gasteiger partial charge in [0.2, 0.25) is 0 Å². The van der Waals surface area contributed by atoms with E-state index in [-0.39, 0.29) is 32.7 Å². The Morgan fingerprint density at radius 3 is 1.62 bits per heavy atom. The molecular weight excluding hydrogens is 544 g/mol. The second-order valence-corrected chi connectivity index (χ2v) is 10.7. The van der Waals surface area contributed by atoms with E-state index in [1.807, 2.05) is 72.8 Å². The zero-order valence-electron chi connectivity index (χ0n) is 36.6. The SMILES string of the molecule is [2H]c1c([2H])c([2H])c(-c2c3c([2H])c([2H])c([2H])c([2H])c3c(-c3ccc(-c4cccc5oc6ccc(-c7ccccc7)cc6c45)cc3)c3c([2H])c([2H])c([2H])c([2H])c23)c([2H])c1[2H]. The van der Waals surface area contributed by atoms with Crippen LogP contribution >= 0.6 is 0 Å². The second-order valence-electron chi connectivity index (χ2n) is 10.7. The molecule has 1 heteroatoms. The van der Waals surface area contributed by atoms with Crippen molar-refractivity contribution in [3.63, 3.8) is 0 Å². The summed E-state index contributed by atoms with van der Waals surface area (Å²) in [5.41, 5.74) is 4.74. The molecule has 0 bridgehead atoms. The minimum Gasteiger partial charge on any atom is -0.456 e. The van der Waals surface area contributed by atoms with Crippen LogP contribution in [0, 0.1) is 0 Å². The maximum absolute atomic E-state index is 9.21. The van der Waals surface area contributed by atoms with Gasteiger partial charge in [-0.2, -0.15) is 0 Å². The Morgan fingerprint density at radius 2 is 0.956 bits per heavy atom. The standard InChI is InChI=1S/C44H28O/c1-3-12-29(13-4-1)33-26-27-40-39(28-33)44-34(20-11-21-41(44)45-40)30-22-24-32(25-23-30)43-37-18-9-7-16-35(37)42(31-14-5-2-6-15-31)36-17-8-10-19-38(36)43/h1-28H/i2D,5D,6D,7D,8D,9D,10D,14D,15D,16D,17D,18D,19D. The highest BCUT2D eigenvalue weighted by molar-refractivity contribution is 6.21. The molecule has 0 N–H and O–H groups in total. The molecule has 45 heavy (non-hydrogen) atoms. The van der Waals surface area contributed by atoms with E-state index in [9.17, 15) is 2.74 Å². The third-order valence-electron chi connectivity index (χ3n) is 8.21. The maximum atomic E-state index is 9.21. The van der Waals surface area contributed by atoms with E-state index in [1.165, 1.54) is 0 Å². The summed E-state index contributed by atoms with van der Waals surface area (Å²) in [6.07, 6.45) is 0. The highest BCUT2D eigenvalue weighted by Gasteiger charge is 2.17. The molecule has 0 aliphatic heterocycles. The summed E-state index contributed by atoms with van der Waals surface area (Å²) in [5.74, 6) is 0. The number of hydrogen-bond donors (Lipinski definition) is 0. The van der Waals surface area contributed by atoms with Gasteiger partial charge in [-0.15, -0.1) is 0 Å².